The van der Waals surface area contributed by atoms with Crippen LogP contribution >= 0.6 is 20.4 Å². The Morgan fingerprint density at radius 1 is 0.923 bits per heavy atom. The Morgan fingerprint density at radius 2 is 1.31 bits per heavy atom. The first kappa shape index (κ1) is 12.5. The zero-order chi connectivity index (χ0) is 9.78. The van der Waals surface area contributed by atoms with Gasteiger partial charge in [-0.1, -0.05) is 0 Å². The number of H-pyrrole nitrogens is 2. The van der Waals surface area contributed by atoms with Gasteiger partial charge in [0.2, 0.25) is 0 Å². The molecule has 0 fully saturated rings. The molecule has 0 aliphatic rings. The van der Waals surface area contributed by atoms with E-state index in [-0.39, 0.29) is 0 Å². The molecule has 0 radical (unpaired) electrons. The maximum Gasteiger partial charge on any atom is 0.0487 e. The fourth-order valence-electron chi connectivity index (χ4n) is 0.430. The summed E-state index contributed by atoms with van der Waals surface area (Å²) in [4.78, 5) is 0. The molecule has 2 rings (SSSR count). The van der Waals surface area contributed by atoms with Crippen molar-refractivity contribution < 1.29 is 12.7 Å². The van der Waals surface area contributed by atoms with E-state index in [0.29, 0.717) is 12.7 Å². The number of nitrogens with one attached hydrogen (secondary N) is 2. The van der Waals surface area contributed by atoms with Gasteiger partial charge in [-0.2, -0.15) is 10.2 Å². The number of aromatic amines is 2. The van der Waals surface area contributed by atoms with E-state index < -0.39 is 0 Å². The van der Waals surface area contributed by atoms with Crippen molar-refractivity contribution in [2.45, 2.75) is 0 Å². The van der Waals surface area contributed by atoms with Gasteiger partial charge >= 0.3 is 33.0 Å². The van der Waals surface area contributed by atoms with Gasteiger partial charge in [0.1, 0.15) is 0 Å². The Morgan fingerprint density at radius 3 is 1.38 bits per heavy atom. The smallest absolute Gasteiger partial charge is 0.0487 e. The van der Waals surface area contributed by atoms with Crippen LogP contribution in [0.5, 0.6) is 0 Å². The summed E-state index contributed by atoms with van der Waals surface area (Å²) in [6, 6.07) is 3.67. The standard InChI is InChI=1S/2C3H4N2.2ClH.Ni/c2*1-2-4-5-3-1;;;/h2*1-3H,(H,4,5);2*1H;/q;;;;+2/p-2. The van der Waals surface area contributed by atoms with E-state index in [9.17, 15) is 0 Å². The van der Waals surface area contributed by atoms with E-state index >= 15 is 0 Å². The number of aromatic nitrogens is 4. The molecule has 0 saturated carbocycles. The van der Waals surface area contributed by atoms with Gasteiger partial charge in [0.15, 0.2) is 0 Å². The minimum absolute atomic E-state index is 0.569. The first-order valence-corrected chi connectivity index (χ1v) is 5.83. The van der Waals surface area contributed by atoms with Crippen molar-refractivity contribution in [3.05, 3.63) is 36.9 Å². The molecule has 0 aromatic carbocycles. The van der Waals surface area contributed by atoms with Crippen molar-refractivity contribution in [3.8, 4) is 0 Å². The van der Waals surface area contributed by atoms with Crippen LogP contribution in [0.2, 0.25) is 0 Å². The van der Waals surface area contributed by atoms with E-state index in [1.165, 1.54) is 0 Å². The van der Waals surface area contributed by atoms with E-state index in [1.54, 1.807) is 24.8 Å². The van der Waals surface area contributed by atoms with Crippen LogP contribution in [0.3, 0.4) is 0 Å². The molecule has 0 atom stereocenters. The van der Waals surface area contributed by atoms with Gasteiger partial charge in [-0.15, -0.1) is 0 Å². The molecule has 76 valence electrons. The SMILES string of the molecule is [Cl][Ni][Cl].c1cn[nH]c1.c1cn[nH]c1. The summed E-state index contributed by atoms with van der Waals surface area (Å²) in [5.74, 6) is 0. The van der Waals surface area contributed by atoms with Crippen molar-refractivity contribution in [2.75, 3.05) is 0 Å². The third-order valence-electron chi connectivity index (χ3n) is 0.812. The molecule has 2 aromatic rings. The summed E-state index contributed by atoms with van der Waals surface area (Å²) in [7, 11) is 9.40. The van der Waals surface area contributed by atoms with Crippen molar-refractivity contribution in [1.29, 1.82) is 0 Å². The molecular weight excluding hydrogens is 258 g/mol. The monoisotopic (exact) mass is 264 g/mol. The molecule has 2 heterocycles. The topological polar surface area (TPSA) is 57.4 Å². The predicted octanol–water partition coefficient (Wildman–Crippen LogP) is 2.20. The Balaban J connectivity index is 0.000000174. The third-order valence-corrected chi connectivity index (χ3v) is 0.812. The molecule has 0 unspecified atom stereocenters. The summed E-state index contributed by atoms with van der Waals surface area (Å²) in [5.41, 5.74) is 0. The average molecular weight is 266 g/mol. The van der Waals surface area contributed by atoms with Crippen molar-refractivity contribution >= 4 is 20.4 Å². The number of hydrogen-bond donors (Lipinski definition) is 2. The Bertz CT molecular complexity index is 174. The van der Waals surface area contributed by atoms with Gasteiger partial charge in [-0.05, 0) is 12.1 Å². The normalized spacial score (nSPS) is 7.85. The van der Waals surface area contributed by atoms with Crippen LogP contribution in [0.25, 0.3) is 0 Å². The second-order valence-corrected chi connectivity index (χ2v) is 3.21. The summed E-state index contributed by atoms with van der Waals surface area (Å²) in [6.07, 6.45) is 6.92. The van der Waals surface area contributed by atoms with Crippen molar-refractivity contribution in [2.24, 2.45) is 0 Å². The Kier molecular flexibility index (Phi) is 11.0. The van der Waals surface area contributed by atoms with Gasteiger partial charge in [0, 0.05) is 24.8 Å². The van der Waals surface area contributed by atoms with Crippen LogP contribution < -0.4 is 0 Å². The number of hydrogen-bond acceptors (Lipinski definition) is 2. The number of rotatable bonds is 0. The van der Waals surface area contributed by atoms with E-state index in [1.807, 2.05) is 12.1 Å². The summed E-state index contributed by atoms with van der Waals surface area (Å²) >= 11 is 0.569. The van der Waals surface area contributed by atoms with Crippen molar-refractivity contribution in [3.63, 3.8) is 0 Å². The van der Waals surface area contributed by atoms with E-state index in [0.717, 1.165) is 0 Å². The maximum absolute atomic E-state index is 4.70. The van der Waals surface area contributed by atoms with Crippen LogP contribution in [0.4, 0.5) is 0 Å². The van der Waals surface area contributed by atoms with Gasteiger partial charge in [0.25, 0.3) is 0 Å². The fraction of sp³-hybridized carbons (Fsp3) is 0. The zero-order valence-corrected chi connectivity index (χ0v) is 8.93. The van der Waals surface area contributed by atoms with Crippen LogP contribution in [0.1, 0.15) is 0 Å². The van der Waals surface area contributed by atoms with Crippen LogP contribution in [-0.4, -0.2) is 20.4 Å². The third kappa shape index (κ3) is 11.5. The predicted molar refractivity (Wildman–Crippen MR) is 48.9 cm³/mol. The minimum Gasteiger partial charge on any atom is -0.286 e. The first-order chi connectivity index (χ1) is 6.41. The van der Waals surface area contributed by atoms with Gasteiger partial charge < -0.3 is 0 Å². The van der Waals surface area contributed by atoms with Crippen LogP contribution in [0.15, 0.2) is 36.9 Å². The van der Waals surface area contributed by atoms with Gasteiger partial charge in [-0.3, -0.25) is 10.2 Å². The van der Waals surface area contributed by atoms with Crippen LogP contribution in [-0.2, 0) is 12.7 Å². The average Bonchev–Trinajstić information content (AvgIpc) is 2.85. The zero-order valence-electron chi connectivity index (χ0n) is 6.43. The number of halogens is 2. The van der Waals surface area contributed by atoms with Gasteiger partial charge in [0.05, 0.1) is 0 Å². The summed E-state index contributed by atoms with van der Waals surface area (Å²) < 4.78 is 0. The number of nitrogens with zero attached hydrogens (tertiary/aromatic N) is 2. The van der Waals surface area contributed by atoms with Gasteiger partial charge in [-0.25, -0.2) is 0 Å². The van der Waals surface area contributed by atoms with E-state index in [4.69, 9.17) is 20.4 Å². The van der Waals surface area contributed by atoms with Crippen LogP contribution in [0, 0.1) is 0 Å². The summed E-state index contributed by atoms with van der Waals surface area (Å²) in [5, 5.41) is 12.4. The molecule has 0 saturated heterocycles. The summed E-state index contributed by atoms with van der Waals surface area (Å²) in [6.45, 7) is 0. The molecule has 2 N–H and O–H groups in total. The Hall–Kier alpha value is -0.506. The quantitative estimate of drug-likeness (QED) is 0.718. The minimum atomic E-state index is 0.569. The first-order valence-electron chi connectivity index (χ1n) is 3.11. The molecule has 0 aliphatic carbocycles. The second kappa shape index (κ2) is 11.5. The van der Waals surface area contributed by atoms with Crippen molar-refractivity contribution in [1.82, 2.24) is 20.4 Å². The molecule has 0 aliphatic heterocycles. The molecular formula is C6H8Cl2N4Ni. The molecule has 0 spiro atoms. The van der Waals surface area contributed by atoms with E-state index in [2.05, 4.69) is 20.4 Å². The molecule has 0 bridgehead atoms. The maximum atomic E-state index is 4.70. The largest absolute Gasteiger partial charge is 0.286 e. The molecule has 4 nitrogen and oxygen atoms in total. The molecule has 7 heteroatoms. The fourth-order valence-corrected chi connectivity index (χ4v) is 0.430. The molecule has 0 amide bonds. The molecule has 13 heavy (non-hydrogen) atoms. The second-order valence-electron chi connectivity index (χ2n) is 1.58. The molecule has 2 aromatic heterocycles. The Labute approximate surface area is 90.4 Å².